The molecule has 17 heavy (non-hydrogen) atoms. The smallest absolute Gasteiger partial charge is 0.0488 e. The summed E-state index contributed by atoms with van der Waals surface area (Å²) in [7, 11) is 2.05. The third-order valence-corrected chi connectivity index (χ3v) is 4.03. The van der Waals surface area contributed by atoms with Crippen molar-refractivity contribution in [1.29, 1.82) is 0 Å². The molecule has 2 N–H and O–H groups in total. The average molecular weight is 228 g/mol. The first-order chi connectivity index (χ1) is 8.29. The van der Waals surface area contributed by atoms with Gasteiger partial charge in [-0.25, -0.2) is 0 Å². The van der Waals surface area contributed by atoms with E-state index in [-0.39, 0.29) is 0 Å². The van der Waals surface area contributed by atoms with Gasteiger partial charge in [-0.1, -0.05) is 18.2 Å². The third kappa shape index (κ3) is 1.77. The number of nitrogens with one attached hydrogen (secondary N) is 2. The molecule has 1 heterocycles. The van der Waals surface area contributed by atoms with Crippen molar-refractivity contribution in [2.45, 2.75) is 26.2 Å². The van der Waals surface area contributed by atoms with Gasteiger partial charge in [-0.2, -0.15) is 0 Å². The molecule has 1 aliphatic carbocycles. The van der Waals surface area contributed by atoms with E-state index in [1.807, 2.05) is 0 Å². The second kappa shape index (κ2) is 4.19. The van der Waals surface area contributed by atoms with Gasteiger partial charge in [0.05, 0.1) is 0 Å². The van der Waals surface area contributed by atoms with E-state index in [0.717, 1.165) is 12.5 Å². The van der Waals surface area contributed by atoms with Gasteiger partial charge in [0, 0.05) is 16.6 Å². The van der Waals surface area contributed by atoms with Crippen LogP contribution in [0, 0.1) is 12.8 Å². The Bertz CT molecular complexity index is 539. The molecular weight excluding hydrogens is 208 g/mol. The lowest BCUT2D eigenvalue weighted by Crippen LogP contribution is -2.24. The molecule has 1 unspecified atom stereocenters. The maximum absolute atomic E-state index is 3.63. The number of aromatic amines is 1. The molecule has 0 saturated heterocycles. The Hall–Kier alpha value is -1.28. The van der Waals surface area contributed by atoms with Crippen LogP contribution in [0.5, 0.6) is 0 Å². The maximum atomic E-state index is 3.63. The first kappa shape index (κ1) is 10.8. The monoisotopic (exact) mass is 228 g/mol. The fraction of sp³-hybridized carbons (Fsp3) is 0.467. The molecular formula is C15H20N2. The van der Waals surface area contributed by atoms with Crippen molar-refractivity contribution in [3.63, 3.8) is 0 Å². The Balaban J connectivity index is 2.06. The topological polar surface area (TPSA) is 27.8 Å². The van der Waals surface area contributed by atoms with Crippen LogP contribution in [-0.2, 0) is 12.8 Å². The highest BCUT2D eigenvalue weighted by molar-refractivity contribution is 5.87. The number of hydrogen-bond donors (Lipinski definition) is 2. The Morgan fingerprint density at radius 1 is 1.41 bits per heavy atom. The van der Waals surface area contributed by atoms with Crippen molar-refractivity contribution in [2.24, 2.45) is 5.92 Å². The molecule has 2 aromatic rings. The van der Waals surface area contributed by atoms with Crippen LogP contribution in [-0.4, -0.2) is 18.6 Å². The number of fused-ring (bicyclic) bond motifs is 3. The lowest BCUT2D eigenvalue weighted by molar-refractivity contribution is 0.439. The second-order valence-corrected chi connectivity index (χ2v) is 5.25. The summed E-state index contributed by atoms with van der Waals surface area (Å²) in [5.41, 5.74) is 5.75. The first-order valence-corrected chi connectivity index (χ1v) is 6.53. The van der Waals surface area contributed by atoms with Crippen molar-refractivity contribution >= 4 is 10.9 Å². The Morgan fingerprint density at radius 2 is 2.29 bits per heavy atom. The van der Waals surface area contributed by atoms with Gasteiger partial charge in [0.15, 0.2) is 0 Å². The molecule has 0 amide bonds. The predicted octanol–water partition coefficient (Wildman–Crippen LogP) is 2.80. The van der Waals surface area contributed by atoms with Crippen LogP contribution in [0.15, 0.2) is 18.2 Å². The van der Waals surface area contributed by atoms with Gasteiger partial charge >= 0.3 is 0 Å². The molecule has 0 bridgehead atoms. The molecule has 0 saturated carbocycles. The number of H-pyrrole nitrogens is 1. The van der Waals surface area contributed by atoms with Crippen LogP contribution < -0.4 is 5.32 Å². The predicted molar refractivity (Wildman–Crippen MR) is 72.5 cm³/mol. The van der Waals surface area contributed by atoms with E-state index in [9.17, 15) is 0 Å². The van der Waals surface area contributed by atoms with Gasteiger partial charge in [-0.3, -0.25) is 0 Å². The maximum Gasteiger partial charge on any atom is 0.0488 e. The fourth-order valence-corrected chi connectivity index (χ4v) is 3.12. The van der Waals surface area contributed by atoms with E-state index >= 15 is 0 Å². The van der Waals surface area contributed by atoms with Crippen molar-refractivity contribution in [1.82, 2.24) is 10.3 Å². The second-order valence-electron chi connectivity index (χ2n) is 5.25. The van der Waals surface area contributed by atoms with E-state index in [0.29, 0.717) is 0 Å². The van der Waals surface area contributed by atoms with E-state index in [1.54, 1.807) is 5.56 Å². The van der Waals surface area contributed by atoms with Crippen molar-refractivity contribution in [3.8, 4) is 0 Å². The SMILES string of the molecule is CNCC1CCc2[nH]c3c(C)cccc3c2C1. The molecule has 0 fully saturated rings. The van der Waals surface area contributed by atoms with Gasteiger partial charge in [0.25, 0.3) is 0 Å². The highest BCUT2D eigenvalue weighted by atomic mass is 14.8. The van der Waals surface area contributed by atoms with Gasteiger partial charge in [-0.15, -0.1) is 0 Å². The molecule has 1 aliphatic rings. The van der Waals surface area contributed by atoms with Crippen LogP contribution in [0.3, 0.4) is 0 Å². The summed E-state index contributed by atoms with van der Waals surface area (Å²) in [4.78, 5) is 3.63. The lowest BCUT2D eigenvalue weighted by atomic mass is 9.86. The Kier molecular flexibility index (Phi) is 2.67. The summed E-state index contributed by atoms with van der Waals surface area (Å²) in [6, 6.07) is 6.63. The zero-order chi connectivity index (χ0) is 11.8. The Morgan fingerprint density at radius 3 is 3.12 bits per heavy atom. The standard InChI is InChI=1S/C15H20N2/c1-10-4-3-5-12-13-8-11(9-16-2)6-7-14(13)17-15(10)12/h3-5,11,16-17H,6-9H2,1-2H3. The van der Waals surface area contributed by atoms with Crippen LogP contribution in [0.1, 0.15) is 23.2 Å². The molecule has 0 spiro atoms. The summed E-state index contributed by atoms with van der Waals surface area (Å²) >= 11 is 0. The zero-order valence-corrected chi connectivity index (χ0v) is 10.6. The summed E-state index contributed by atoms with van der Waals surface area (Å²) in [5.74, 6) is 0.798. The normalized spacial score (nSPS) is 19.5. The summed E-state index contributed by atoms with van der Waals surface area (Å²) in [5, 5.41) is 4.75. The van der Waals surface area contributed by atoms with E-state index in [2.05, 4.69) is 42.5 Å². The summed E-state index contributed by atoms with van der Waals surface area (Å²) < 4.78 is 0. The highest BCUT2D eigenvalue weighted by Gasteiger charge is 2.22. The van der Waals surface area contributed by atoms with Crippen LogP contribution >= 0.6 is 0 Å². The number of hydrogen-bond acceptors (Lipinski definition) is 1. The molecule has 1 atom stereocenters. The average Bonchev–Trinajstić information content (AvgIpc) is 2.70. The van der Waals surface area contributed by atoms with Crippen molar-refractivity contribution < 1.29 is 0 Å². The molecule has 90 valence electrons. The van der Waals surface area contributed by atoms with E-state index in [4.69, 9.17) is 0 Å². The Labute approximate surface area is 102 Å². The molecule has 1 aromatic carbocycles. The fourth-order valence-electron chi connectivity index (χ4n) is 3.12. The van der Waals surface area contributed by atoms with E-state index in [1.165, 1.54) is 41.4 Å². The molecule has 0 radical (unpaired) electrons. The molecule has 2 heteroatoms. The van der Waals surface area contributed by atoms with Crippen molar-refractivity contribution in [3.05, 3.63) is 35.0 Å². The minimum Gasteiger partial charge on any atom is -0.358 e. The minimum atomic E-state index is 0.798. The van der Waals surface area contributed by atoms with Gasteiger partial charge < -0.3 is 10.3 Å². The lowest BCUT2D eigenvalue weighted by Gasteiger charge is -2.22. The number of aromatic nitrogens is 1. The number of rotatable bonds is 2. The summed E-state index contributed by atoms with van der Waals surface area (Å²) in [6.07, 6.45) is 3.73. The molecule has 1 aromatic heterocycles. The van der Waals surface area contributed by atoms with E-state index < -0.39 is 0 Å². The molecule has 3 rings (SSSR count). The van der Waals surface area contributed by atoms with Crippen LogP contribution in [0.2, 0.25) is 0 Å². The third-order valence-electron chi connectivity index (χ3n) is 4.03. The van der Waals surface area contributed by atoms with Crippen LogP contribution in [0.25, 0.3) is 10.9 Å². The quantitative estimate of drug-likeness (QED) is 0.812. The molecule has 0 aliphatic heterocycles. The first-order valence-electron chi connectivity index (χ1n) is 6.53. The van der Waals surface area contributed by atoms with Gasteiger partial charge in [0.1, 0.15) is 0 Å². The largest absolute Gasteiger partial charge is 0.358 e. The van der Waals surface area contributed by atoms with Gasteiger partial charge in [-0.05, 0) is 56.8 Å². The minimum absolute atomic E-state index is 0.798. The summed E-state index contributed by atoms with van der Waals surface area (Å²) in [6.45, 7) is 3.33. The van der Waals surface area contributed by atoms with Crippen LogP contribution in [0.4, 0.5) is 0 Å². The number of aryl methyl sites for hydroxylation is 2. The highest BCUT2D eigenvalue weighted by Crippen LogP contribution is 2.32. The zero-order valence-electron chi connectivity index (χ0n) is 10.6. The number of benzene rings is 1. The van der Waals surface area contributed by atoms with Gasteiger partial charge in [0.2, 0.25) is 0 Å². The number of para-hydroxylation sites is 1. The molecule has 2 nitrogen and oxygen atoms in total. The van der Waals surface area contributed by atoms with Crippen molar-refractivity contribution in [2.75, 3.05) is 13.6 Å².